The first kappa shape index (κ1) is 14.8. The normalized spacial score (nSPS) is 16.1. The summed E-state index contributed by atoms with van der Waals surface area (Å²) in [5.74, 6) is -0.115. The highest BCUT2D eigenvalue weighted by Gasteiger charge is 2.33. The summed E-state index contributed by atoms with van der Waals surface area (Å²) in [5, 5.41) is 13.0. The maximum absolute atomic E-state index is 12.5. The van der Waals surface area contributed by atoms with Gasteiger partial charge in [-0.1, -0.05) is 11.6 Å². The highest BCUT2D eigenvalue weighted by atomic mass is 16.3. The van der Waals surface area contributed by atoms with Gasteiger partial charge in [-0.25, -0.2) is 4.98 Å². The van der Waals surface area contributed by atoms with E-state index in [1.54, 1.807) is 12.5 Å². The lowest BCUT2D eigenvalue weighted by molar-refractivity contribution is -0.0390. The van der Waals surface area contributed by atoms with Crippen LogP contribution in [-0.2, 0) is 0 Å². The second kappa shape index (κ2) is 5.93. The molecular weight excluding hydrogens is 278 g/mol. The number of aromatic nitrogens is 2. The van der Waals surface area contributed by atoms with E-state index < -0.39 is 5.60 Å². The van der Waals surface area contributed by atoms with Crippen LogP contribution in [0.25, 0.3) is 5.69 Å². The number of rotatable bonds is 5. The Morgan fingerprint density at radius 3 is 2.91 bits per heavy atom. The zero-order chi connectivity index (χ0) is 15.6. The number of imidazole rings is 1. The largest absolute Gasteiger partial charge is 0.390 e. The van der Waals surface area contributed by atoms with Gasteiger partial charge in [0.15, 0.2) is 0 Å². The van der Waals surface area contributed by atoms with E-state index in [-0.39, 0.29) is 5.91 Å². The van der Waals surface area contributed by atoms with E-state index in [2.05, 4.69) is 10.3 Å². The summed E-state index contributed by atoms with van der Waals surface area (Å²) in [6, 6.07) is 5.78. The average molecular weight is 299 g/mol. The molecule has 0 spiro atoms. The number of amides is 1. The van der Waals surface area contributed by atoms with Gasteiger partial charge in [0.05, 0.1) is 23.2 Å². The van der Waals surface area contributed by atoms with Gasteiger partial charge in [0.1, 0.15) is 0 Å². The fourth-order valence-corrected chi connectivity index (χ4v) is 2.80. The van der Waals surface area contributed by atoms with Crippen LogP contribution in [0.2, 0.25) is 0 Å². The predicted molar refractivity (Wildman–Crippen MR) is 84.1 cm³/mol. The monoisotopic (exact) mass is 299 g/mol. The second-order valence-corrected chi connectivity index (χ2v) is 6.07. The Bertz CT molecular complexity index is 661. The van der Waals surface area contributed by atoms with E-state index in [0.717, 1.165) is 30.5 Å². The lowest BCUT2D eigenvalue weighted by Crippen LogP contribution is -2.40. The Balaban J connectivity index is 1.72. The van der Waals surface area contributed by atoms with Crippen LogP contribution in [0.1, 0.15) is 41.6 Å². The van der Waals surface area contributed by atoms with Gasteiger partial charge in [0, 0.05) is 18.9 Å². The quantitative estimate of drug-likeness (QED) is 0.889. The van der Waals surface area contributed by atoms with Crippen molar-refractivity contribution in [2.45, 2.75) is 38.2 Å². The minimum atomic E-state index is -0.562. The van der Waals surface area contributed by atoms with Gasteiger partial charge < -0.3 is 15.0 Å². The fraction of sp³-hybridized carbons (Fsp3) is 0.412. The van der Waals surface area contributed by atoms with Gasteiger partial charge in [0.2, 0.25) is 0 Å². The smallest absolute Gasteiger partial charge is 0.253 e. The zero-order valence-corrected chi connectivity index (χ0v) is 12.7. The van der Waals surface area contributed by atoms with Crippen LogP contribution in [0.4, 0.5) is 0 Å². The zero-order valence-electron chi connectivity index (χ0n) is 12.7. The molecule has 3 rings (SSSR count). The molecule has 0 unspecified atom stereocenters. The molecule has 5 heteroatoms. The van der Waals surface area contributed by atoms with Gasteiger partial charge in [0.25, 0.3) is 5.91 Å². The van der Waals surface area contributed by atoms with Crippen LogP contribution in [0, 0.1) is 6.92 Å². The van der Waals surface area contributed by atoms with Crippen LogP contribution < -0.4 is 5.32 Å². The van der Waals surface area contributed by atoms with E-state index >= 15 is 0 Å². The third-order valence-electron chi connectivity index (χ3n) is 4.34. The third kappa shape index (κ3) is 3.04. The van der Waals surface area contributed by atoms with Crippen LogP contribution >= 0.6 is 0 Å². The van der Waals surface area contributed by atoms with Gasteiger partial charge in [-0.3, -0.25) is 4.79 Å². The summed E-state index contributed by atoms with van der Waals surface area (Å²) in [6.45, 7) is 2.46. The van der Waals surface area contributed by atoms with E-state index in [0.29, 0.717) is 18.5 Å². The van der Waals surface area contributed by atoms with E-state index in [4.69, 9.17) is 0 Å². The minimum Gasteiger partial charge on any atom is -0.390 e. The molecule has 1 amide bonds. The Hall–Kier alpha value is -2.14. The molecule has 116 valence electrons. The lowest BCUT2D eigenvalue weighted by atomic mass is 9.78. The van der Waals surface area contributed by atoms with E-state index in [1.807, 2.05) is 35.9 Å². The molecule has 1 aromatic carbocycles. The van der Waals surface area contributed by atoms with Crippen LogP contribution in [-0.4, -0.2) is 32.7 Å². The Labute approximate surface area is 130 Å². The molecule has 1 aliphatic rings. The molecule has 22 heavy (non-hydrogen) atoms. The summed E-state index contributed by atoms with van der Waals surface area (Å²) >= 11 is 0. The van der Waals surface area contributed by atoms with Gasteiger partial charge in [-0.2, -0.15) is 0 Å². The van der Waals surface area contributed by atoms with Crippen molar-refractivity contribution in [2.24, 2.45) is 0 Å². The molecular formula is C17H21N3O2. The van der Waals surface area contributed by atoms with Crippen molar-refractivity contribution >= 4 is 5.91 Å². The second-order valence-electron chi connectivity index (χ2n) is 6.07. The van der Waals surface area contributed by atoms with Crippen LogP contribution in [0.3, 0.4) is 0 Å². The fourth-order valence-electron chi connectivity index (χ4n) is 2.80. The summed E-state index contributed by atoms with van der Waals surface area (Å²) in [4.78, 5) is 16.5. The van der Waals surface area contributed by atoms with Crippen molar-refractivity contribution in [3.05, 3.63) is 48.0 Å². The molecule has 2 aromatic rings. The number of benzene rings is 1. The van der Waals surface area contributed by atoms with Crippen molar-refractivity contribution in [2.75, 3.05) is 6.54 Å². The topological polar surface area (TPSA) is 67.2 Å². The van der Waals surface area contributed by atoms with Crippen LogP contribution in [0.5, 0.6) is 0 Å². The highest BCUT2D eigenvalue weighted by Crippen LogP contribution is 2.34. The lowest BCUT2D eigenvalue weighted by Gasteiger charge is -2.36. The molecule has 1 heterocycles. The molecule has 0 aliphatic heterocycles. The van der Waals surface area contributed by atoms with Gasteiger partial charge in [-0.15, -0.1) is 0 Å². The van der Waals surface area contributed by atoms with E-state index in [9.17, 15) is 9.90 Å². The molecule has 0 radical (unpaired) electrons. The molecule has 5 nitrogen and oxygen atoms in total. The van der Waals surface area contributed by atoms with Crippen molar-refractivity contribution < 1.29 is 9.90 Å². The number of carbonyl (C=O) groups is 1. The highest BCUT2D eigenvalue weighted by molar-refractivity contribution is 5.98. The molecule has 1 aromatic heterocycles. The standard InChI is InChI=1S/C17H21N3O2/c1-13-3-4-15(20-10-9-18-12-20)14(11-13)16(21)19-8-7-17(22)5-2-6-17/h3-4,9-12,22H,2,5-8H2,1H3,(H,19,21). The van der Waals surface area contributed by atoms with Crippen molar-refractivity contribution in [3.8, 4) is 5.69 Å². The summed E-state index contributed by atoms with van der Waals surface area (Å²) < 4.78 is 1.83. The maximum Gasteiger partial charge on any atom is 0.253 e. The first-order valence-corrected chi connectivity index (χ1v) is 7.67. The maximum atomic E-state index is 12.5. The Morgan fingerprint density at radius 1 is 1.45 bits per heavy atom. The number of hydrogen-bond acceptors (Lipinski definition) is 3. The van der Waals surface area contributed by atoms with Gasteiger partial charge >= 0.3 is 0 Å². The summed E-state index contributed by atoms with van der Waals surface area (Å²) in [6.07, 6.45) is 8.56. The Morgan fingerprint density at radius 2 is 2.27 bits per heavy atom. The summed E-state index contributed by atoms with van der Waals surface area (Å²) in [7, 11) is 0. The first-order chi connectivity index (χ1) is 10.6. The number of nitrogens with zero attached hydrogens (tertiary/aromatic N) is 2. The molecule has 1 aliphatic carbocycles. The van der Waals surface area contributed by atoms with Crippen molar-refractivity contribution in [1.82, 2.24) is 14.9 Å². The van der Waals surface area contributed by atoms with E-state index in [1.165, 1.54) is 0 Å². The SMILES string of the molecule is Cc1ccc(-n2ccnc2)c(C(=O)NCCC2(O)CCC2)c1. The number of hydrogen-bond donors (Lipinski definition) is 2. The average Bonchev–Trinajstić information content (AvgIpc) is 2.99. The van der Waals surface area contributed by atoms with Crippen molar-refractivity contribution in [3.63, 3.8) is 0 Å². The van der Waals surface area contributed by atoms with Crippen LogP contribution in [0.15, 0.2) is 36.9 Å². The Kier molecular flexibility index (Phi) is 3.98. The third-order valence-corrected chi connectivity index (χ3v) is 4.34. The molecule has 1 fully saturated rings. The minimum absolute atomic E-state index is 0.115. The predicted octanol–water partition coefficient (Wildman–Crippen LogP) is 2.22. The first-order valence-electron chi connectivity index (χ1n) is 7.67. The summed E-state index contributed by atoms with van der Waals surface area (Å²) in [5.41, 5.74) is 1.90. The molecule has 0 saturated heterocycles. The number of nitrogens with one attached hydrogen (secondary N) is 1. The molecule has 2 N–H and O–H groups in total. The molecule has 0 atom stereocenters. The molecule has 1 saturated carbocycles. The number of aliphatic hydroxyl groups is 1. The molecule has 0 bridgehead atoms. The van der Waals surface area contributed by atoms with Crippen molar-refractivity contribution in [1.29, 1.82) is 0 Å². The number of aryl methyl sites for hydroxylation is 1. The van der Waals surface area contributed by atoms with Gasteiger partial charge in [-0.05, 0) is 44.7 Å². The number of carbonyl (C=O) groups excluding carboxylic acids is 1.